The number of benzene rings is 2. The van der Waals surface area contributed by atoms with Crippen molar-refractivity contribution in [3.8, 4) is 0 Å². The van der Waals surface area contributed by atoms with Crippen molar-refractivity contribution in [2.45, 2.75) is 26.3 Å². The van der Waals surface area contributed by atoms with E-state index in [0.29, 0.717) is 18.2 Å². The van der Waals surface area contributed by atoms with Gasteiger partial charge in [-0.3, -0.25) is 9.10 Å². The molecule has 2 rings (SSSR count). The molecule has 0 fully saturated rings. The second-order valence-electron chi connectivity index (χ2n) is 6.28. The van der Waals surface area contributed by atoms with Gasteiger partial charge in [0.2, 0.25) is 15.9 Å². The Balaban J connectivity index is 2.09. The molecule has 0 aliphatic heterocycles. The smallest absolute Gasteiger partial charge is 0.241 e. The number of carbonyl (C=O) groups is 1. The molecular formula is C19H24N2O3S. The molecule has 0 heterocycles. The lowest BCUT2D eigenvalue weighted by Gasteiger charge is -2.22. The quantitative estimate of drug-likeness (QED) is 0.826. The van der Waals surface area contributed by atoms with Gasteiger partial charge in [-0.05, 0) is 29.2 Å². The average Bonchev–Trinajstić information content (AvgIpc) is 2.58. The van der Waals surface area contributed by atoms with Gasteiger partial charge in [-0.1, -0.05) is 56.3 Å². The van der Waals surface area contributed by atoms with Crippen LogP contribution in [0.2, 0.25) is 0 Å². The zero-order valence-electron chi connectivity index (χ0n) is 14.8. The molecule has 5 nitrogen and oxygen atoms in total. The van der Waals surface area contributed by atoms with Gasteiger partial charge in [-0.25, -0.2) is 8.42 Å². The topological polar surface area (TPSA) is 66.5 Å². The molecule has 0 aliphatic rings. The second kappa shape index (κ2) is 8.16. The summed E-state index contributed by atoms with van der Waals surface area (Å²) in [6, 6.07) is 16.7. The van der Waals surface area contributed by atoms with Crippen LogP contribution in [0.25, 0.3) is 0 Å². The van der Waals surface area contributed by atoms with E-state index in [0.717, 1.165) is 21.7 Å². The lowest BCUT2D eigenvalue weighted by Crippen LogP contribution is -2.40. The number of carbonyl (C=O) groups excluding carboxylic acids is 1. The summed E-state index contributed by atoms with van der Waals surface area (Å²) in [5.74, 6) is 0.0112. The number of nitrogens with zero attached hydrogens (tertiary/aromatic N) is 1. The molecule has 0 radical (unpaired) electrons. The van der Waals surface area contributed by atoms with Crippen molar-refractivity contribution in [2.24, 2.45) is 0 Å². The van der Waals surface area contributed by atoms with Crippen LogP contribution in [0.4, 0.5) is 5.69 Å². The minimum Gasteiger partial charge on any atom is -0.350 e. The molecule has 2 aromatic rings. The molecule has 0 atom stereocenters. The number of anilines is 1. The highest BCUT2D eigenvalue weighted by Gasteiger charge is 2.20. The van der Waals surface area contributed by atoms with E-state index in [4.69, 9.17) is 0 Å². The van der Waals surface area contributed by atoms with Crippen molar-refractivity contribution < 1.29 is 13.2 Å². The van der Waals surface area contributed by atoms with E-state index >= 15 is 0 Å². The fraction of sp³-hybridized carbons (Fsp3) is 0.316. The van der Waals surface area contributed by atoms with Gasteiger partial charge < -0.3 is 5.32 Å². The molecule has 1 N–H and O–H groups in total. The molecule has 1 amide bonds. The van der Waals surface area contributed by atoms with Crippen LogP contribution in [0.1, 0.15) is 30.9 Å². The van der Waals surface area contributed by atoms with E-state index < -0.39 is 10.0 Å². The van der Waals surface area contributed by atoms with E-state index in [-0.39, 0.29) is 12.5 Å². The highest BCUT2D eigenvalue weighted by atomic mass is 32.2. The third kappa shape index (κ3) is 5.60. The summed E-state index contributed by atoms with van der Waals surface area (Å²) in [5.41, 5.74) is 2.57. The third-order valence-electron chi connectivity index (χ3n) is 3.87. The van der Waals surface area contributed by atoms with Gasteiger partial charge in [0.05, 0.1) is 11.9 Å². The Morgan fingerprint density at radius 3 is 2.16 bits per heavy atom. The third-order valence-corrected chi connectivity index (χ3v) is 5.01. The number of amides is 1. The van der Waals surface area contributed by atoms with Gasteiger partial charge in [-0.15, -0.1) is 0 Å². The van der Waals surface area contributed by atoms with Crippen molar-refractivity contribution >= 4 is 21.6 Å². The highest BCUT2D eigenvalue weighted by Crippen LogP contribution is 2.21. The van der Waals surface area contributed by atoms with Gasteiger partial charge in [0.25, 0.3) is 0 Å². The van der Waals surface area contributed by atoms with Crippen molar-refractivity contribution in [3.05, 3.63) is 65.7 Å². The predicted molar refractivity (Wildman–Crippen MR) is 101 cm³/mol. The zero-order valence-corrected chi connectivity index (χ0v) is 15.6. The minimum absolute atomic E-state index is 0.243. The Hall–Kier alpha value is -2.34. The van der Waals surface area contributed by atoms with Crippen LogP contribution in [-0.2, 0) is 21.4 Å². The SMILES string of the molecule is CC(C)c1ccc(N(CC(=O)NCc2ccccc2)S(C)(=O)=O)cc1. The van der Waals surface area contributed by atoms with Gasteiger partial charge in [-0.2, -0.15) is 0 Å². The van der Waals surface area contributed by atoms with Crippen LogP contribution < -0.4 is 9.62 Å². The van der Waals surface area contributed by atoms with Crippen LogP contribution >= 0.6 is 0 Å². The largest absolute Gasteiger partial charge is 0.350 e. The Bertz CT molecular complexity index is 800. The van der Waals surface area contributed by atoms with Gasteiger partial charge in [0.15, 0.2) is 0 Å². The molecule has 134 valence electrons. The number of rotatable bonds is 7. The summed E-state index contributed by atoms with van der Waals surface area (Å²) in [7, 11) is -3.56. The van der Waals surface area contributed by atoms with Crippen molar-refractivity contribution in [3.63, 3.8) is 0 Å². The summed E-state index contributed by atoms with van der Waals surface area (Å²) < 4.78 is 25.3. The summed E-state index contributed by atoms with van der Waals surface area (Å²) in [5, 5.41) is 2.76. The maximum Gasteiger partial charge on any atom is 0.241 e. The fourth-order valence-corrected chi connectivity index (χ4v) is 3.26. The average molecular weight is 360 g/mol. The Morgan fingerprint density at radius 2 is 1.64 bits per heavy atom. The first kappa shape index (κ1) is 19.0. The predicted octanol–water partition coefficient (Wildman–Crippen LogP) is 2.89. The van der Waals surface area contributed by atoms with Crippen molar-refractivity contribution in [1.29, 1.82) is 0 Å². The highest BCUT2D eigenvalue weighted by molar-refractivity contribution is 7.92. The summed E-state index contributed by atoms with van der Waals surface area (Å²) in [6.45, 7) is 4.26. The maximum absolute atomic E-state index is 12.2. The molecule has 25 heavy (non-hydrogen) atoms. The van der Waals surface area contributed by atoms with Gasteiger partial charge in [0, 0.05) is 6.54 Å². The molecule has 0 aliphatic carbocycles. The van der Waals surface area contributed by atoms with Gasteiger partial charge >= 0.3 is 0 Å². The standard InChI is InChI=1S/C19H24N2O3S/c1-15(2)17-9-11-18(12-10-17)21(25(3,23)24)14-19(22)20-13-16-7-5-4-6-8-16/h4-12,15H,13-14H2,1-3H3,(H,20,22). The molecule has 0 unspecified atom stereocenters. The summed E-state index contributed by atoms with van der Waals surface area (Å²) in [4.78, 5) is 12.2. The zero-order chi connectivity index (χ0) is 18.4. The van der Waals surface area contributed by atoms with Crippen molar-refractivity contribution in [2.75, 3.05) is 17.1 Å². The summed E-state index contributed by atoms with van der Waals surface area (Å²) >= 11 is 0. The van der Waals surface area contributed by atoms with Crippen LogP contribution in [0.5, 0.6) is 0 Å². The van der Waals surface area contributed by atoms with Crippen LogP contribution in [0, 0.1) is 0 Å². The van der Waals surface area contributed by atoms with Gasteiger partial charge in [0.1, 0.15) is 6.54 Å². The second-order valence-corrected chi connectivity index (χ2v) is 8.19. The minimum atomic E-state index is -3.56. The molecule has 0 saturated carbocycles. The normalized spacial score (nSPS) is 11.4. The molecular weight excluding hydrogens is 336 g/mol. The first-order valence-corrected chi connectivity index (χ1v) is 10.0. The number of hydrogen-bond acceptors (Lipinski definition) is 3. The molecule has 6 heteroatoms. The number of sulfonamides is 1. The van der Waals surface area contributed by atoms with Crippen LogP contribution in [-0.4, -0.2) is 27.1 Å². The Kier molecular flexibility index (Phi) is 6.20. The summed E-state index contributed by atoms with van der Waals surface area (Å²) in [6.07, 6.45) is 1.10. The lowest BCUT2D eigenvalue weighted by atomic mass is 10.0. The Labute approximate surface area is 149 Å². The Morgan fingerprint density at radius 1 is 1.04 bits per heavy atom. The van der Waals surface area contributed by atoms with E-state index in [1.165, 1.54) is 0 Å². The number of nitrogens with one attached hydrogen (secondary N) is 1. The molecule has 0 aromatic heterocycles. The van der Waals surface area contributed by atoms with Crippen LogP contribution in [0.15, 0.2) is 54.6 Å². The monoisotopic (exact) mass is 360 g/mol. The molecule has 0 spiro atoms. The van der Waals surface area contributed by atoms with E-state index in [2.05, 4.69) is 19.2 Å². The fourth-order valence-electron chi connectivity index (χ4n) is 2.41. The molecule has 0 bridgehead atoms. The molecule has 0 saturated heterocycles. The van der Waals surface area contributed by atoms with Crippen molar-refractivity contribution in [1.82, 2.24) is 5.32 Å². The van der Waals surface area contributed by atoms with Crippen LogP contribution in [0.3, 0.4) is 0 Å². The molecule has 2 aromatic carbocycles. The van der Waals surface area contributed by atoms with E-state index in [1.807, 2.05) is 42.5 Å². The lowest BCUT2D eigenvalue weighted by molar-refractivity contribution is -0.119. The van der Waals surface area contributed by atoms with E-state index in [9.17, 15) is 13.2 Å². The first-order chi connectivity index (χ1) is 11.8. The van der Waals surface area contributed by atoms with E-state index in [1.54, 1.807) is 12.1 Å². The number of hydrogen-bond donors (Lipinski definition) is 1. The first-order valence-electron chi connectivity index (χ1n) is 8.15. The maximum atomic E-state index is 12.2.